The maximum atomic E-state index is 12.2. The van der Waals surface area contributed by atoms with Crippen LogP contribution in [-0.2, 0) is 11.2 Å². The number of carbonyl (C=O) groups excluding carboxylic acids is 1. The molecule has 1 saturated heterocycles. The average Bonchev–Trinajstić information content (AvgIpc) is 3.21. The van der Waals surface area contributed by atoms with E-state index < -0.39 is 0 Å². The monoisotopic (exact) mass is 330 g/mol. The number of amides is 1. The van der Waals surface area contributed by atoms with Gasteiger partial charge in [-0.05, 0) is 25.3 Å². The number of likely N-dealkylation sites (tertiary alicyclic amines) is 1. The summed E-state index contributed by atoms with van der Waals surface area (Å²) in [4.78, 5) is 20.6. The summed E-state index contributed by atoms with van der Waals surface area (Å²) in [6.07, 6.45) is 2.97. The van der Waals surface area contributed by atoms with Gasteiger partial charge < -0.3 is 9.80 Å². The van der Waals surface area contributed by atoms with Crippen molar-refractivity contribution in [3.8, 4) is 0 Å². The van der Waals surface area contributed by atoms with Crippen LogP contribution in [0.3, 0.4) is 0 Å². The number of likely N-dealkylation sites (N-methyl/N-ethyl adjacent to an activating group) is 1. The molecule has 5 nitrogen and oxygen atoms in total. The second-order valence-electron chi connectivity index (χ2n) is 6.10. The van der Waals surface area contributed by atoms with Gasteiger partial charge in [0.15, 0.2) is 0 Å². The van der Waals surface area contributed by atoms with Crippen LogP contribution in [0, 0.1) is 6.92 Å². The van der Waals surface area contributed by atoms with Gasteiger partial charge in [-0.1, -0.05) is 29.8 Å². The first-order valence-electron chi connectivity index (χ1n) is 7.99. The lowest BCUT2D eigenvalue weighted by Gasteiger charge is -2.20. The van der Waals surface area contributed by atoms with Crippen molar-refractivity contribution in [1.82, 2.24) is 14.3 Å². The molecule has 0 spiro atoms. The Hall–Kier alpha value is -1.95. The van der Waals surface area contributed by atoms with Crippen molar-refractivity contribution in [2.45, 2.75) is 26.2 Å². The van der Waals surface area contributed by atoms with Gasteiger partial charge in [0.05, 0.1) is 6.54 Å². The summed E-state index contributed by atoms with van der Waals surface area (Å²) in [5.74, 6) is 0.995. The van der Waals surface area contributed by atoms with Crippen LogP contribution in [0.5, 0.6) is 0 Å². The van der Waals surface area contributed by atoms with Crippen LogP contribution in [0.1, 0.15) is 29.8 Å². The molecule has 3 rings (SSSR count). The second-order valence-corrected chi connectivity index (χ2v) is 6.83. The Labute approximate surface area is 141 Å². The van der Waals surface area contributed by atoms with Crippen LogP contribution in [0.15, 0.2) is 24.3 Å². The van der Waals surface area contributed by atoms with Crippen molar-refractivity contribution < 1.29 is 4.79 Å². The number of anilines is 1. The van der Waals surface area contributed by atoms with Gasteiger partial charge in [0, 0.05) is 38.1 Å². The Morgan fingerprint density at radius 1 is 1.26 bits per heavy atom. The number of rotatable bonds is 5. The summed E-state index contributed by atoms with van der Waals surface area (Å²) < 4.78 is 4.42. The van der Waals surface area contributed by atoms with E-state index in [9.17, 15) is 4.79 Å². The number of hydrogen-bond donors (Lipinski definition) is 0. The molecule has 1 aromatic heterocycles. The lowest BCUT2D eigenvalue weighted by Crippen LogP contribution is -2.37. The number of carbonyl (C=O) groups is 1. The van der Waals surface area contributed by atoms with Crippen molar-refractivity contribution in [3.63, 3.8) is 0 Å². The molecule has 1 aromatic carbocycles. The highest BCUT2D eigenvalue weighted by Gasteiger charge is 2.20. The number of aryl methyl sites for hydroxylation is 1. The summed E-state index contributed by atoms with van der Waals surface area (Å²) in [6.45, 7) is 4.23. The smallest absolute Gasteiger partial charge is 0.242 e. The minimum absolute atomic E-state index is 0.181. The molecular formula is C17H22N4OS. The van der Waals surface area contributed by atoms with E-state index in [1.165, 1.54) is 22.7 Å². The third-order valence-corrected chi connectivity index (χ3v) is 4.97. The van der Waals surface area contributed by atoms with Gasteiger partial charge in [0.25, 0.3) is 0 Å². The van der Waals surface area contributed by atoms with Crippen molar-refractivity contribution >= 4 is 22.6 Å². The molecule has 2 heterocycles. The predicted octanol–water partition coefficient (Wildman–Crippen LogP) is 2.50. The number of nitrogens with zero attached hydrogens (tertiary/aromatic N) is 4. The van der Waals surface area contributed by atoms with E-state index in [-0.39, 0.29) is 5.91 Å². The van der Waals surface area contributed by atoms with Gasteiger partial charge >= 0.3 is 0 Å². The molecule has 0 bridgehead atoms. The van der Waals surface area contributed by atoms with Crippen LogP contribution >= 0.6 is 11.5 Å². The fourth-order valence-corrected chi connectivity index (χ4v) is 3.34. The van der Waals surface area contributed by atoms with E-state index in [0.29, 0.717) is 6.54 Å². The van der Waals surface area contributed by atoms with E-state index in [2.05, 4.69) is 40.5 Å². The number of benzene rings is 1. The summed E-state index contributed by atoms with van der Waals surface area (Å²) in [5.41, 5.74) is 2.46. The van der Waals surface area contributed by atoms with Crippen LogP contribution in [0.2, 0.25) is 0 Å². The largest absolute Gasteiger partial charge is 0.341 e. The third kappa shape index (κ3) is 4.07. The standard InChI is InChI=1S/C17H22N4OS/c1-13-5-7-14(8-6-13)11-15-18-17(23-19-15)20(2)12-16(22)21-9-3-4-10-21/h5-8H,3-4,9-12H2,1-2H3. The Morgan fingerprint density at radius 3 is 2.65 bits per heavy atom. The zero-order valence-corrected chi connectivity index (χ0v) is 14.5. The maximum Gasteiger partial charge on any atom is 0.242 e. The lowest BCUT2D eigenvalue weighted by molar-refractivity contribution is -0.128. The highest BCUT2D eigenvalue weighted by Crippen LogP contribution is 2.18. The lowest BCUT2D eigenvalue weighted by atomic mass is 10.1. The zero-order chi connectivity index (χ0) is 16.2. The Balaban J connectivity index is 1.59. The molecule has 122 valence electrons. The van der Waals surface area contributed by atoms with Crippen molar-refractivity contribution in [3.05, 3.63) is 41.2 Å². The molecule has 1 amide bonds. The highest BCUT2D eigenvalue weighted by atomic mass is 32.1. The minimum atomic E-state index is 0.181. The van der Waals surface area contributed by atoms with Gasteiger partial charge in [0.2, 0.25) is 11.0 Å². The van der Waals surface area contributed by atoms with Crippen LogP contribution in [0.25, 0.3) is 0 Å². The molecule has 0 aliphatic carbocycles. The minimum Gasteiger partial charge on any atom is -0.341 e. The molecule has 0 atom stereocenters. The second kappa shape index (κ2) is 7.08. The maximum absolute atomic E-state index is 12.2. The summed E-state index contributed by atoms with van der Waals surface area (Å²) in [7, 11) is 1.91. The first-order valence-corrected chi connectivity index (χ1v) is 8.76. The summed E-state index contributed by atoms with van der Waals surface area (Å²) in [5, 5.41) is 0.805. The average molecular weight is 330 g/mol. The molecular weight excluding hydrogens is 308 g/mol. The predicted molar refractivity (Wildman–Crippen MR) is 93.0 cm³/mol. The van der Waals surface area contributed by atoms with E-state index in [0.717, 1.165) is 43.3 Å². The Kier molecular flexibility index (Phi) is 4.91. The van der Waals surface area contributed by atoms with E-state index >= 15 is 0 Å². The van der Waals surface area contributed by atoms with E-state index in [4.69, 9.17) is 0 Å². The normalized spacial score (nSPS) is 14.3. The molecule has 1 aliphatic heterocycles. The Bertz CT molecular complexity index is 661. The molecule has 0 saturated carbocycles. The Morgan fingerprint density at radius 2 is 1.96 bits per heavy atom. The molecule has 1 fully saturated rings. The van der Waals surface area contributed by atoms with Gasteiger partial charge in [-0.15, -0.1) is 0 Å². The van der Waals surface area contributed by atoms with Crippen molar-refractivity contribution in [1.29, 1.82) is 0 Å². The molecule has 0 unspecified atom stereocenters. The molecule has 1 aliphatic rings. The zero-order valence-electron chi connectivity index (χ0n) is 13.7. The quantitative estimate of drug-likeness (QED) is 0.845. The fourth-order valence-electron chi connectivity index (χ4n) is 2.70. The SMILES string of the molecule is Cc1ccc(Cc2nsc(N(C)CC(=O)N3CCCC3)n2)cc1. The van der Waals surface area contributed by atoms with Crippen LogP contribution in [-0.4, -0.2) is 46.8 Å². The molecule has 2 aromatic rings. The number of hydrogen-bond acceptors (Lipinski definition) is 5. The van der Waals surface area contributed by atoms with Crippen LogP contribution in [0.4, 0.5) is 5.13 Å². The van der Waals surface area contributed by atoms with E-state index in [1.54, 1.807) is 0 Å². The van der Waals surface area contributed by atoms with Gasteiger partial charge in [-0.25, -0.2) is 4.98 Å². The van der Waals surface area contributed by atoms with E-state index in [1.807, 2.05) is 16.8 Å². The fraction of sp³-hybridized carbons (Fsp3) is 0.471. The number of aromatic nitrogens is 2. The molecule has 0 radical (unpaired) electrons. The van der Waals surface area contributed by atoms with Crippen molar-refractivity contribution in [2.24, 2.45) is 0 Å². The topological polar surface area (TPSA) is 49.3 Å². The molecule has 23 heavy (non-hydrogen) atoms. The summed E-state index contributed by atoms with van der Waals surface area (Å²) >= 11 is 1.36. The highest BCUT2D eigenvalue weighted by molar-refractivity contribution is 7.09. The van der Waals surface area contributed by atoms with Crippen LogP contribution < -0.4 is 4.90 Å². The molecule has 6 heteroatoms. The first-order chi connectivity index (χ1) is 11.1. The first kappa shape index (κ1) is 15.9. The van der Waals surface area contributed by atoms with Crippen molar-refractivity contribution in [2.75, 3.05) is 31.6 Å². The van der Waals surface area contributed by atoms with Gasteiger partial charge in [-0.2, -0.15) is 4.37 Å². The van der Waals surface area contributed by atoms with Gasteiger partial charge in [-0.3, -0.25) is 4.79 Å². The molecule has 0 N–H and O–H groups in total. The van der Waals surface area contributed by atoms with Gasteiger partial charge in [0.1, 0.15) is 5.82 Å². The summed E-state index contributed by atoms with van der Waals surface area (Å²) in [6, 6.07) is 8.42. The third-order valence-electron chi connectivity index (χ3n) is 4.10.